The third-order valence-corrected chi connectivity index (χ3v) is 2.61. The molecule has 3 heteroatoms. The Kier molecular flexibility index (Phi) is 5.43. The van der Waals surface area contributed by atoms with Gasteiger partial charge in [0, 0.05) is 6.54 Å². The van der Waals surface area contributed by atoms with Gasteiger partial charge in [0.2, 0.25) is 5.91 Å². The summed E-state index contributed by atoms with van der Waals surface area (Å²) in [5, 5.41) is 5.94. The lowest BCUT2D eigenvalue weighted by atomic mass is 10.0. The van der Waals surface area contributed by atoms with Gasteiger partial charge in [0.1, 0.15) is 0 Å². The highest BCUT2D eigenvalue weighted by molar-refractivity contribution is 5.78. The van der Waals surface area contributed by atoms with Crippen molar-refractivity contribution >= 4 is 5.91 Å². The minimum absolute atomic E-state index is 0.00241. The molecule has 0 aliphatic heterocycles. The molecule has 1 amide bonds. The number of amides is 1. The van der Waals surface area contributed by atoms with Crippen molar-refractivity contribution in [3.05, 3.63) is 48.0 Å². The van der Waals surface area contributed by atoms with Crippen molar-refractivity contribution in [3.8, 4) is 0 Å². The lowest BCUT2D eigenvalue weighted by molar-refractivity contribution is -0.120. The van der Waals surface area contributed by atoms with E-state index in [2.05, 4.69) is 17.2 Å². The van der Waals surface area contributed by atoms with E-state index < -0.39 is 0 Å². The highest BCUT2D eigenvalue weighted by atomic mass is 16.1. The molecule has 1 atom stereocenters. The van der Waals surface area contributed by atoms with Crippen LogP contribution in [0.15, 0.2) is 36.9 Å². The smallest absolute Gasteiger partial charge is 0.234 e. The molecule has 0 aliphatic rings. The molecule has 0 heterocycles. The fourth-order valence-electron chi connectivity index (χ4n) is 1.73. The van der Waals surface area contributed by atoms with Crippen LogP contribution >= 0.6 is 0 Å². The first-order valence-electron chi connectivity index (χ1n) is 5.81. The third-order valence-electron chi connectivity index (χ3n) is 2.61. The van der Waals surface area contributed by atoms with Gasteiger partial charge < -0.3 is 10.6 Å². The number of benzene rings is 1. The number of carbonyl (C=O) groups is 1. The summed E-state index contributed by atoms with van der Waals surface area (Å²) in [5.74, 6) is 0.00241. The predicted octanol–water partition coefficient (Wildman–Crippen LogP) is 1.95. The largest absolute Gasteiger partial charge is 0.348 e. The molecule has 2 N–H and O–H groups in total. The number of rotatable bonds is 6. The molecule has 0 aromatic heterocycles. The van der Waals surface area contributed by atoms with Crippen molar-refractivity contribution in [2.75, 3.05) is 13.1 Å². The molecule has 1 aromatic carbocycles. The number of hydrogen-bond donors (Lipinski definition) is 2. The summed E-state index contributed by atoms with van der Waals surface area (Å²) in [6.07, 6.45) is 1.73. The maximum Gasteiger partial charge on any atom is 0.234 e. The molecule has 0 aliphatic carbocycles. The topological polar surface area (TPSA) is 41.1 Å². The van der Waals surface area contributed by atoms with Gasteiger partial charge in [-0.2, -0.15) is 0 Å². The van der Waals surface area contributed by atoms with Crippen LogP contribution in [0.3, 0.4) is 0 Å². The predicted molar refractivity (Wildman–Crippen MR) is 70.8 cm³/mol. The molecule has 0 fully saturated rings. The van der Waals surface area contributed by atoms with E-state index >= 15 is 0 Å². The van der Waals surface area contributed by atoms with Gasteiger partial charge in [0.05, 0.1) is 12.6 Å². The van der Waals surface area contributed by atoms with Crippen LogP contribution in [-0.2, 0) is 4.79 Å². The zero-order chi connectivity index (χ0) is 12.7. The van der Waals surface area contributed by atoms with Gasteiger partial charge in [-0.05, 0) is 25.0 Å². The third kappa shape index (κ3) is 4.41. The first kappa shape index (κ1) is 13.5. The van der Waals surface area contributed by atoms with E-state index in [0.29, 0.717) is 13.1 Å². The zero-order valence-electron chi connectivity index (χ0n) is 10.5. The van der Waals surface area contributed by atoms with E-state index in [1.807, 2.05) is 38.1 Å². The highest BCUT2D eigenvalue weighted by Crippen LogP contribution is 2.16. The van der Waals surface area contributed by atoms with Crippen LogP contribution in [0, 0.1) is 6.92 Å². The van der Waals surface area contributed by atoms with Gasteiger partial charge in [-0.3, -0.25) is 4.79 Å². The van der Waals surface area contributed by atoms with Gasteiger partial charge in [-0.15, -0.1) is 6.58 Å². The summed E-state index contributed by atoms with van der Waals surface area (Å²) in [6.45, 7) is 8.59. The molecule has 0 bridgehead atoms. The lowest BCUT2D eigenvalue weighted by Gasteiger charge is -2.16. The average Bonchev–Trinajstić information content (AvgIpc) is 2.29. The van der Waals surface area contributed by atoms with Gasteiger partial charge in [0.25, 0.3) is 0 Å². The van der Waals surface area contributed by atoms with Crippen molar-refractivity contribution in [1.82, 2.24) is 10.6 Å². The summed E-state index contributed by atoms with van der Waals surface area (Å²) in [5.41, 5.74) is 2.35. The summed E-state index contributed by atoms with van der Waals surface area (Å²) < 4.78 is 0. The Morgan fingerprint density at radius 2 is 2.18 bits per heavy atom. The fraction of sp³-hybridized carbons (Fsp3) is 0.357. The Bertz CT molecular complexity index is 388. The first-order chi connectivity index (χ1) is 8.15. The van der Waals surface area contributed by atoms with E-state index in [9.17, 15) is 4.79 Å². The SMILES string of the molecule is C=CCNCC(=O)NC(C)c1ccccc1C. The number of nitrogens with one attached hydrogen (secondary N) is 2. The molecular weight excluding hydrogens is 212 g/mol. The molecule has 1 rings (SSSR count). The van der Waals surface area contributed by atoms with Crippen LogP contribution < -0.4 is 10.6 Å². The maximum atomic E-state index is 11.6. The lowest BCUT2D eigenvalue weighted by Crippen LogP contribution is -2.35. The van der Waals surface area contributed by atoms with E-state index in [0.717, 1.165) is 5.56 Å². The van der Waals surface area contributed by atoms with E-state index in [-0.39, 0.29) is 11.9 Å². The quantitative estimate of drug-likeness (QED) is 0.581. The van der Waals surface area contributed by atoms with E-state index in [4.69, 9.17) is 0 Å². The van der Waals surface area contributed by atoms with Crippen molar-refractivity contribution in [3.63, 3.8) is 0 Å². The Hall–Kier alpha value is -1.61. The molecule has 92 valence electrons. The van der Waals surface area contributed by atoms with Gasteiger partial charge in [0.15, 0.2) is 0 Å². The second kappa shape index (κ2) is 6.86. The molecule has 0 saturated heterocycles. The number of carbonyl (C=O) groups excluding carboxylic acids is 1. The molecular formula is C14H20N2O. The van der Waals surface area contributed by atoms with Crippen LogP contribution in [0.25, 0.3) is 0 Å². The normalized spacial score (nSPS) is 11.9. The second-order valence-corrected chi connectivity index (χ2v) is 4.07. The Morgan fingerprint density at radius 3 is 2.82 bits per heavy atom. The van der Waals surface area contributed by atoms with Crippen LogP contribution in [0.4, 0.5) is 0 Å². The van der Waals surface area contributed by atoms with Gasteiger partial charge in [-0.1, -0.05) is 30.3 Å². The Balaban J connectivity index is 2.49. The van der Waals surface area contributed by atoms with Crippen molar-refractivity contribution < 1.29 is 4.79 Å². The maximum absolute atomic E-state index is 11.6. The highest BCUT2D eigenvalue weighted by Gasteiger charge is 2.10. The standard InChI is InChI=1S/C14H20N2O/c1-4-9-15-10-14(17)16-12(3)13-8-6-5-7-11(13)2/h4-8,12,15H,1,9-10H2,2-3H3,(H,16,17). The average molecular weight is 232 g/mol. The Labute approximate surface area is 103 Å². The van der Waals surface area contributed by atoms with Crippen LogP contribution in [-0.4, -0.2) is 19.0 Å². The van der Waals surface area contributed by atoms with Crippen molar-refractivity contribution in [2.45, 2.75) is 19.9 Å². The van der Waals surface area contributed by atoms with Crippen molar-refractivity contribution in [2.24, 2.45) is 0 Å². The van der Waals surface area contributed by atoms with Crippen molar-refractivity contribution in [1.29, 1.82) is 0 Å². The van der Waals surface area contributed by atoms with Crippen LogP contribution in [0.1, 0.15) is 24.1 Å². The number of aryl methyl sites for hydroxylation is 1. The Morgan fingerprint density at radius 1 is 1.47 bits per heavy atom. The van der Waals surface area contributed by atoms with E-state index in [1.165, 1.54) is 5.56 Å². The summed E-state index contributed by atoms with van der Waals surface area (Å²) in [4.78, 5) is 11.6. The van der Waals surface area contributed by atoms with Crippen LogP contribution in [0.2, 0.25) is 0 Å². The molecule has 17 heavy (non-hydrogen) atoms. The zero-order valence-corrected chi connectivity index (χ0v) is 10.5. The van der Waals surface area contributed by atoms with Gasteiger partial charge >= 0.3 is 0 Å². The molecule has 1 aromatic rings. The summed E-state index contributed by atoms with van der Waals surface area (Å²) in [6, 6.07) is 8.11. The minimum atomic E-state index is 0.00241. The second-order valence-electron chi connectivity index (χ2n) is 4.07. The molecule has 0 radical (unpaired) electrons. The molecule has 0 saturated carbocycles. The van der Waals surface area contributed by atoms with Crippen LogP contribution in [0.5, 0.6) is 0 Å². The van der Waals surface area contributed by atoms with Gasteiger partial charge in [-0.25, -0.2) is 0 Å². The summed E-state index contributed by atoms with van der Waals surface area (Å²) >= 11 is 0. The molecule has 1 unspecified atom stereocenters. The number of hydrogen-bond acceptors (Lipinski definition) is 2. The molecule has 3 nitrogen and oxygen atoms in total. The fourth-order valence-corrected chi connectivity index (χ4v) is 1.73. The van der Waals surface area contributed by atoms with E-state index in [1.54, 1.807) is 6.08 Å². The minimum Gasteiger partial charge on any atom is -0.348 e. The molecule has 0 spiro atoms. The summed E-state index contributed by atoms with van der Waals surface area (Å²) in [7, 11) is 0. The first-order valence-corrected chi connectivity index (χ1v) is 5.81. The monoisotopic (exact) mass is 232 g/mol.